The van der Waals surface area contributed by atoms with Crippen molar-refractivity contribution in [3.05, 3.63) is 0 Å². The third kappa shape index (κ3) is 5.47. The summed E-state index contributed by atoms with van der Waals surface area (Å²) < 4.78 is 10.4. The second kappa shape index (κ2) is 7.63. The van der Waals surface area contributed by atoms with Crippen molar-refractivity contribution in [2.45, 2.75) is 57.6 Å². The van der Waals surface area contributed by atoms with Gasteiger partial charge in [-0.05, 0) is 32.6 Å². The quantitative estimate of drug-likeness (QED) is 0.507. The first-order valence-electron chi connectivity index (χ1n) is 6.25. The van der Waals surface area contributed by atoms with Crippen LogP contribution in [0.1, 0.15) is 45.4 Å². The molecule has 0 spiro atoms. The molecule has 1 aliphatic rings. The lowest BCUT2D eigenvalue weighted by atomic mass is 9.90. The Labute approximate surface area is 97.5 Å². The van der Waals surface area contributed by atoms with Crippen molar-refractivity contribution in [2.24, 2.45) is 5.73 Å². The third-order valence-corrected chi connectivity index (χ3v) is 2.82. The monoisotopic (exact) mass is 229 g/mol. The van der Waals surface area contributed by atoms with E-state index >= 15 is 0 Å². The van der Waals surface area contributed by atoms with E-state index in [0.717, 1.165) is 38.7 Å². The summed E-state index contributed by atoms with van der Waals surface area (Å²) >= 11 is 0. The summed E-state index contributed by atoms with van der Waals surface area (Å²) in [5.41, 5.74) is 5.65. The maximum atomic E-state index is 11.0. The van der Waals surface area contributed by atoms with Gasteiger partial charge in [-0.25, -0.2) is 0 Å². The molecule has 0 amide bonds. The standard InChI is InChI=1S/C12H23NO3/c1-2-15-12(14)6-4-3-5-7-16-11-8-10(13)9-11/h10-11H,2-9,13H2,1H3. The Hall–Kier alpha value is -0.610. The summed E-state index contributed by atoms with van der Waals surface area (Å²) in [6, 6.07) is 0.355. The summed E-state index contributed by atoms with van der Waals surface area (Å²) in [4.78, 5) is 11.0. The molecule has 0 atom stereocenters. The van der Waals surface area contributed by atoms with Gasteiger partial charge in [0.25, 0.3) is 0 Å². The molecule has 4 heteroatoms. The second-order valence-electron chi connectivity index (χ2n) is 4.34. The van der Waals surface area contributed by atoms with Crippen LogP contribution in [0.15, 0.2) is 0 Å². The van der Waals surface area contributed by atoms with E-state index in [1.54, 1.807) is 0 Å². The minimum atomic E-state index is -0.0895. The Bertz CT molecular complexity index is 202. The van der Waals surface area contributed by atoms with Gasteiger partial charge in [-0.15, -0.1) is 0 Å². The molecule has 4 nitrogen and oxygen atoms in total. The number of esters is 1. The van der Waals surface area contributed by atoms with Crippen molar-refractivity contribution in [2.75, 3.05) is 13.2 Å². The van der Waals surface area contributed by atoms with E-state index < -0.39 is 0 Å². The Morgan fingerprint density at radius 1 is 1.31 bits per heavy atom. The molecule has 0 radical (unpaired) electrons. The van der Waals surface area contributed by atoms with Gasteiger partial charge in [0.15, 0.2) is 0 Å². The number of carbonyl (C=O) groups excluding carboxylic acids is 1. The zero-order valence-electron chi connectivity index (χ0n) is 10.1. The van der Waals surface area contributed by atoms with Gasteiger partial charge in [0.1, 0.15) is 0 Å². The SMILES string of the molecule is CCOC(=O)CCCCCOC1CC(N)C1. The molecule has 1 aliphatic carbocycles. The molecule has 0 unspecified atom stereocenters. The maximum absolute atomic E-state index is 11.0. The molecule has 1 saturated carbocycles. The number of carbonyl (C=O) groups is 1. The molecule has 94 valence electrons. The summed E-state index contributed by atoms with van der Waals surface area (Å²) in [6.45, 7) is 3.10. The summed E-state index contributed by atoms with van der Waals surface area (Å²) in [5, 5.41) is 0. The van der Waals surface area contributed by atoms with Crippen molar-refractivity contribution in [1.29, 1.82) is 0 Å². The van der Waals surface area contributed by atoms with Crippen LogP contribution in [0.25, 0.3) is 0 Å². The van der Waals surface area contributed by atoms with Crippen molar-refractivity contribution in [3.8, 4) is 0 Å². The number of hydrogen-bond donors (Lipinski definition) is 1. The lowest BCUT2D eigenvalue weighted by Crippen LogP contribution is -2.41. The van der Waals surface area contributed by atoms with Gasteiger partial charge in [0.05, 0.1) is 12.7 Å². The molecule has 1 fully saturated rings. The number of rotatable bonds is 8. The summed E-state index contributed by atoms with van der Waals surface area (Å²) in [6.07, 6.45) is 5.86. The average molecular weight is 229 g/mol. The van der Waals surface area contributed by atoms with Crippen LogP contribution >= 0.6 is 0 Å². The minimum Gasteiger partial charge on any atom is -0.466 e. The number of nitrogens with two attached hydrogens (primary N) is 1. The second-order valence-corrected chi connectivity index (χ2v) is 4.34. The van der Waals surface area contributed by atoms with E-state index in [1.165, 1.54) is 0 Å². The Morgan fingerprint density at radius 3 is 2.69 bits per heavy atom. The van der Waals surface area contributed by atoms with E-state index in [4.69, 9.17) is 15.2 Å². The van der Waals surface area contributed by atoms with Gasteiger partial charge in [0.2, 0.25) is 0 Å². The van der Waals surface area contributed by atoms with E-state index in [1.807, 2.05) is 6.92 Å². The molecule has 0 aromatic rings. The predicted molar refractivity (Wildman–Crippen MR) is 62.1 cm³/mol. The smallest absolute Gasteiger partial charge is 0.305 e. The number of ether oxygens (including phenoxy) is 2. The molecular weight excluding hydrogens is 206 g/mol. The normalized spacial score (nSPS) is 23.9. The van der Waals surface area contributed by atoms with Gasteiger partial charge in [-0.1, -0.05) is 6.42 Å². The van der Waals surface area contributed by atoms with Gasteiger partial charge in [0, 0.05) is 19.1 Å². The fraction of sp³-hybridized carbons (Fsp3) is 0.917. The van der Waals surface area contributed by atoms with Crippen LogP contribution in [0.4, 0.5) is 0 Å². The molecular formula is C12H23NO3. The van der Waals surface area contributed by atoms with E-state index in [0.29, 0.717) is 25.2 Å². The van der Waals surface area contributed by atoms with E-state index in [2.05, 4.69) is 0 Å². The maximum Gasteiger partial charge on any atom is 0.305 e. The van der Waals surface area contributed by atoms with Crippen LogP contribution < -0.4 is 5.73 Å². The van der Waals surface area contributed by atoms with Crippen LogP contribution in [0.2, 0.25) is 0 Å². The number of unbranched alkanes of at least 4 members (excludes halogenated alkanes) is 2. The molecule has 2 N–H and O–H groups in total. The highest BCUT2D eigenvalue weighted by Crippen LogP contribution is 2.21. The summed E-state index contributed by atoms with van der Waals surface area (Å²) in [5.74, 6) is -0.0895. The van der Waals surface area contributed by atoms with Crippen molar-refractivity contribution < 1.29 is 14.3 Å². The van der Waals surface area contributed by atoms with E-state index in [-0.39, 0.29) is 5.97 Å². The predicted octanol–water partition coefficient (Wildman–Crippen LogP) is 1.62. The van der Waals surface area contributed by atoms with E-state index in [9.17, 15) is 4.79 Å². The van der Waals surface area contributed by atoms with Crippen LogP contribution in [-0.2, 0) is 14.3 Å². The molecule has 16 heavy (non-hydrogen) atoms. The first kappa shape index (κ1) is 13.5. The van der Waals surface area contributed by atoms with Gasteiger partial charge in [-0.2, -0.15) is 0 Å². The van der Waals surface area contributed by atoms with Crippen LogP contribution in [0.5, 0.6) is 0 Å². The van der Waals surface area contributed by atoms with Gasteiger partial charge in [-0.3, -0.25) is 4.79 Å². The minimum absolute atomic E-state index is 0.0895. The topological polar surface area (TPSA) is 61.5 Å². The highest BCUT2D eigenvalue weighted by atomic mass is 16.5. The molecule has 0 aliphatic heterocycles. The third-order valence-electron chi connectivity index (χ3n) is 2.82. The molecule has 0 saturated heterocycles. The molecule has 0 aromatic heterocycles. The lowest BCUT2D eigenvalue weighted by Gasteiger charge is -2.32. The number of hydrogen-bond acceptors (Lipinski definition) is 4. The average Bonchev–Trinajstić information content (AvgIpc) is 2.20. The van der Waals surface area contributed by atoms with Gasteiger partial charge >= 0.3 is 5.97 Å². The first-order chi connectivity index (χ1) is 7.72. The summed E-state index contributed by atoms with van der Waals surface area (Å²) in [7, 11) is 0. The Kier molecular flexibility index (Phi) is 6.42. The van der Waals surface area contributed by atoms with Crippen molar-refractivity contribution in [3.63, 3.8) is 0 Å². The fourth-order valence-electron chi connectivity index (χ4n) is 1.77. The van der Waals surface area contributed by atoms with Crippen molar-refractivity contribution >= 4 is 5.97 Å². The van der Waals surface area contributed by atoms with Gasteiger partial charge < -0.3 is 15.2 Å². The van der Waals surface area contributed by atoms with Crippen LogP contribution in [0, 0.1) is 0 Å². The van der Waals surface area contributed by atoms with Crippen LogP contribution in [-0.4, -0.2) is 31.3 Å². The highest BCUT2D eigenvalue weighted by Gasteiger charge is 2.25. The first-order valence-corrected chi connectivity index (χ1v) is 6.25. The zero-order valence-corrected chi connectivity index (χ0v) is 10.1. The zero-order chi connectivity index (χ0) is 11.8. The molecule has 1 rings (SSSR count). The Balaban J connectivity index is 1.79. The van der Waals surface area contributed by atoms with Crippen molar-refractivity contribution in [1.82, 2.24) is 0 Å². The molecule has 0 heterocycles. The Morgan fingerprint density at radius 2 is 2.06 bits per heavy atom. The molecule has 0 bridgehead atoms. The largest absolute Gasteiger partial charge is 0.466 e. The van der Waals surface area contributed by atoms with Crippen LogP contribution in [0.3, 0.4) is 0 Å². The highest BCUT2D eigenvalue weighted by molar-refractivity contribution is 5.69. The molecule has 0 aromatic carbocycles. The lowest BCUT2D eigenvalue weighted by molar-refractivity contribution is -0.143. The fourth-order valence-corrected chi connectivity index (χ4v) is 1.77.